The van der Waals surface area contributed by atoms with Crippen molar-refractivity contribution >= 4 is 39.2 Å². The van der Waals surface area contributed by atoms with Gasteiger partial charge in [-0.3, -0.25) is 14.2 Å². The van der Waals surface area contributed by atoms with Gasteiger partial charge in [-0.1, -0.05) is 18.7 Å². The predicted octanol–water partition coefficient (Wildman–Crippen LogP) is 3.90. The van der Waals surface area contributed by atoms with E-state index in [-0.39, 0.29) is 29.1 Å². The summed E-state index contributed by atoms with van der Waals surface area (Å²) < 4.78 is 15.5. The van der Waals surface area contributed by atoms with Crippen molar-refractivity contribution in [2.45, 2.75) is 38.4 Å². The fraction of sp³-hybridized carbons (Fsp3) is 0.316. The number of hydrogen-bond acceptors (Lipinski definition) is 5. The summed E-state index contributed by atoms with van der Waals surface area (Å²) >= 11 is 2.52. The molecule has 27 heavy (non-hydrogen) atoms. The van der Waals surface area contributed by atoms with Gasteiger partial charge in [-0.2, -0.15) is 0 Å². The molecule has 1 amide bonds. The summed E-state index contributed by atoms with van der Waals surface area (Å²) in [6.45, 7) is 5.68. The third-order valence-electron chi connectivity index (χ3n) is 4.20. The molecule has 3 aromatic rings. The fourth-order valence-corrected chi connectivity index (χ4v) is 4.20. The molecule has 2 heterocycles. The molecule has 0 radical (unpaired) electrons. The zero-order chi connectivity index (χ0) is 19.6. The molecule has 5 nitrogen and oxygen atoms in total. The second kappa shape index (κ2) is 8.22. The van der Waals surface area contributed by atoms with E-state index in [0.29, 0.717) is 26.6 Å². The highest BCUT2D eigenvalue weighted by Gasteiger charge is 2.17. The van der Waals surface area contributed by atoms with Gasteiger partial charge in [-0.25, -0.2) is 9.37 Å². The van der Waals surface area contributed by atoms with Crippen LogP contribution in [0, 0.1) is 12.7 Å². The summed E-state index contributed by atoms with van der Waals surface area (Å²) in [5, 5.41) is 5.13. The van der Waals surface area contributed by atoms with Crippen LogP contribution in [0.25, 0.3) is 15.9 Å². The fourth-order valence-electron chi connectivity index (χ4n) is 2.62. The molecule has 0 aliphatic carbocycles. The number of amides is 1. The number of fused-ring (bicyclic) bond motifs is 1. The third kappa shape index (κ3) is 4.22. The van der Waals surface area contributed by atoms with E-state index < -0.39 is 0 Å². The Labute approximate surface area is 164 Å². The van der Waals surface area contributed by atoms with Crippen LogP contribution in [0.15, 0.2) is 39.6 Å². The van der Waals surface area contributed by atoms with E-state index in [9.17, 15) is 14.0 Å². The quantitative estimate of drug-likeness (QED) is 0.499. The first-order chi connectivity index (χ1) is 12.9. The van der Waals surface area contributed by atoms with Crippen molar-refractivity contribution in [1.29, 1.82) is 0 Å². The molecular weight excluding hydrogens is 385 g/mol. The minimum absolute atomic E-state index is 0.0898. The molecule has 0 fully saturated rings. The Kier molecular flexibility index (Phi) is 5.96. The van der Waals surface area contributed by atoms with Gasteiger partial charge in [-0.15, -0.1) is 11.3 Å². The highest BCUT2D eigenvalue weighted by atomic mass is 32.2. The number of thiophene rings is 1. The number of carbonyl (C=O) groups excluding carboxylic acids is 1. The number of nitrogens with one attached hydrogen (secondary N) is 1. The molecule has 142 valence electrons. The highest BCUT2D eigenvalue weighted by Crippen LogP contribution is 2.25. The van der Waals surface area contributed by atoms with Crippen LogP contribution in [0.2, 0.25) is 0 Å². The van der Waals surface area contributed by atoms with Gasteiger partial charge in [0.1, 0.15) is 10.5 Å². The number of benzene rings is 1. The van der Waals surface area contributed by atoms with E-state index in [0.717, 1.165) is 6.42 Å². The lowest BCUT2D eigenvalue weighted by Crippen LogP contribution is -2.33. The molecule has 2 aromatic heterocycles. The van der Waals surface area contributed by atoms with Crippen LogP contribution in [-0.4, -0.2) is 27.3 Å². The number of halogens is 1. The lowest BCUT2D eigenvalue weighted by molar-refractivity contribution is -0.119. The molecule has 1 aromatic carbocycles. The van der Waals surface area contributed by atoms with Crippen molar-refractivity contribution in [2.75, 3.05) is 5.75 Å². The summed E-state index contributed by atoms with van der Waals surface area (Å²) in [4.78, 5) is 29.8. The maximum absolute atomic E-state index is 13.5. The second-order valence-electron chi connectivity index (χ2n) is 6.27. The van der Waals surface area contributed by atoms with Crippen molar-refractivity contribution in [3.05, 3.63) is 51.4 Å². The predicted molar refractivity (Wildman–Crippen MR) is 109 cm³/mol. The van der Waals surface area contributed by atoms with Gasteiger partial charge in [-0.05, 0) is 55.5 Å². The van der Waals surface area contributed by atoms with Crippen LogP contribution in [0.4, 0.5) is 4.39 Å². The molecular formula is C19H20FN3O2S2. The Morgan fingerprint density at radius 2 is 2.19 bits per heavy atom. The first kappa shape index (κ1) is 19.6. The molecule has 0 bridgehead atoms. The maximum atomic E-state index is 13.5. The third-order valence-corrected chi connectivity index (χ3v) is 6.03. The van der Waals surface area contributed by atoms with Crippen LogP contribution < -0.4 is 10.9 Å². The molecule has 1 N–H and O–H groups in total. The standard InChI is InChI=1S/C19H20FN3O2S2/c1-4-12(3)21-16(24)10-27-19-22-14-7-8-26-17(14)18(25)23(19)15-6-5-13(20)9-11(15)2/h5-9,12H,4,10H2,1-3H3,(H,21,24). The minimum Gasteiger partial charge on any atom is -0.353 e. The summed E-state index contributed by atoms with van der Waals surface area (Å²) in [7, 11) is 0. The molecule has 1 unspecified atom stereocenters. The summed E-state index contributed by atoms with van der Waals surface area (Å²) in [5.41, 5.74) is 1.58. The van der Waals surface area contributed by atoms with Gasteiger partial charge in [0.2, 0.25) is 5.91 Å². The smallest absolute Gasteiger partial charge is 0.276 e. The number of aromatic nitrogens is 2. The van der Waals surface area contributed by atoms with E-state index in [1.165, 1.54) is 39.8 Å². The Hall–Kier alpha value is -2.19. The van der Waals surface area contributed by atoms with E-state index in [1.807, 2.05) is 19.2 Å². The Morgan fingerprint density at radius 3 is 2.89 bits per heavy atom. The largest absolute Gasteiger partial charge is 0.353 e. The molecule has 0 saturated heterocycles. The van der Waals surface area contributed by atoms with E-state index in [2.05, 4.69) is 10.3 Å². The first-order valence-electron chi connectivity index (χ1n) is 8.59. The molecule has 0 saturated carbocycles. The lowest BCUT2D eigenvalue weighted by atomic mass is 10.2. The van der Waals surface area contributed by atoms with Crippen LogP contribution in [0.5, 0.6) is 0 Å². The van der Waals surface area contributed by atoms with Crippen molar-refractivity contribution in [1.82, 2.24) is 14.9 Å². The average Bonchev–Trinajstić information content (AvgIpc) is 3.10. The zero-order valence-corrected chi connectivity index (χ0v) is 16.9. The summed E-state index contributed by atoms with van der Waals surface area (Å²) in [5.74, 6) is -0.333. The topological polar surface area (TPSA) is 64.0 Å². The van der Waals surface area contributed by atoms with Crippen LogP contribution >= 0.6 is 23.1 Å². The van der Waals surface area contributed by atoms with Crippen molar-refractivity contribution in [3.63, 3.8) is 0 Å². The van der Waals surface area contributed by atoms with Gasteiger partial charge in [0.15, 0.2) is 5.16 Å². The van der Waals surface area contributed by atoms with E-state index in [4.69, 9.17) is 0 Å². The van der Waals surface area contributed by atoms with Gasteiger partial charge in [0.25, 0.3) is 5.56 Å². The van der Waals surface area contributed by atoms with Crippen molar-refractivity contribution in [3.8, 4) is 5.69 Å². The maximum Gasteiger partial charge on any atom is 0.276 e. The first-order valence-corrected chi connectivity index (χ1v) is 10.5. The van der Waals surface area contributed by atoms with Gasteiger partial charge in [0.05, 0.1) is 17.0 Å². The van der Waals surface area contributed by atoms with Crippen molar-refractivity contribution in [2.24, 2.45) is 0 Å². The number of rotatable bonds is 6. The Morgan fingerprint density at radius 1 is 1.41 bits per heavy atom. The normalized spacial score (nSPS) is 12.3. The number of carbonyl (C=O) groups is 1. The second-order valence-corrected chi connectivity index (χ2v) is 8.12. The van der Waals surface area contributed by atoms with Gasteiger partial charge >= 0.3 is 0 Å². The number of hydrogen-bond donors (Lipinski definition) is 1. The monoisotopic (exact) mass is 405 g/mol. The highest BCUT2D eigenvalue weighted by molar-refractivity contribution is 7.99. The molecule has 1 atom stereocenters. The van der Waals surface area contributed by atoms with E-state index >= 15 is 0 Å². The number of nitrogens with zero attached hydrogens (tertiary/aromatic N) is 2. The zero-order valence-electron chi connectivity index (χ0n) is 15.3. The van der Waals surface area contributed by atoms with Gasteiger partial charge in [0, 0.05) is 6.04 Å². The number of thioether (sulfide) groups is 1. The molecule has 8 heteroatoms. The van der Waals surface area contributed by atoms with E-state index in [1.54, 1.807) is 19.1 Å². The average molecular weight is 406 g/mol. The lowest BCUT2D eigenvalue weighted by Gasteiger charge is -2.15. The SMILES string of the molecule is CCC(C)NC(=O)CSc1nc2ccsc2c(=O)n1-c1ccc(F)cc1C. The van der Waals surface area contributed by atoms with Crippen LogP contribution in [0.1, 0.15) is 25.8 Å². The Bertz CT molecular complexity index is 1050. The van der Waals surface area contributed by atoms with Gasteiger partial charge < -0.3 is 5.32 Å². The molecule has 0 spiro atoms. The molecule has 0 aliphatic rings. The Balaban J connectivity index is 2.03. The molecule has 3 rings (SSSR count). The van der Waals surface area contributed by atoms with Crippen LogP contribution in [-0.2, 0) is 4.79 Å². The van der Waals surface area contributed by atoms with Crippen molar-refractivity contribution < 1.29 is 9.18 Å². The summed E-state index contributed by atoms with van der Waals surface area (Å²) in [6.07, 6.45) is 0.842. The minimum atomic E-state index is -0.364. The van der Waals surface area contributed by atoms with Crippen LogP contribution in [0.3, 0.4) is 0 Å². The summed E-state index contributed by atoms with van der Waals surface area (Å²) in [6, 6.07) is 6.14. The molecule has 0 aliphatic heterocycles. The number of aryl methyl sites for hydroxylation is 1.